The Morgan fingerprint density at radius 2 is 1.79 bits per heavy atom. The summed E-state index contributed by atoms with van der Waals surface area (Å²) in [4.78, 5) is 0. The molecule has 2 unspecified atom stereocenters. The fraction of sp³-hybridized carbons (Fsp3) is 0.375. The molecule has 0 aliphatic carbocycles. The molecule has 0 bridgehead atoms. The topological polar surface area (TPSA) is 52.5 Å². The summed E-state index contributed by atoms with van der Waals surface area (Å²) in [6.07, 6.45) is -0.117. The van der Waals surface area contributed by atoms with Crippen molar-refractivity contribution < 1.29 is 10.2 Å². The van der Waals surface area contributed by atoms with Crippen LogP contribution in [0.15, 0.2) is 42.5 Å². The molecule has 3 N–H and O–H groups in total. The summed E-state index contributed by atoms with van der Waals surface area (Å²) in [5.41, 5.74) is 0.920. The van der Waals surface area contributed by atoms with Crippen LogP contribution in [0.3, 0.4) is 0 Å². The molecule has 2 rings (SSSR count). The molecular weight excluding hydrogens is 238 g/mol. The average molecular weight is 259 g/mol. The Kier molecular flexibility index (Phi) is 4.91. The third-order valence-corrected chi connectivity index (χ3v) is 3.23. The van der Waals surface area contributed by atoms with E-state index < -0.39 is 6.10 Å². The highest BCUT2D eigenvalue weighted by Gasteiger charge is 2.07. The van der Waals surface area contributed by atoms with Gasteiger partial charge >= 0.3 is 0 Å². The van der Waals surface area contributed by atoms with E-state index in [0.717, 1.165) is 10.9 Å². The molecule has 0 saturated carbocycles. The van der Waals surface area contributed by atoms with Crippen LogP contribution in [0.1, 0.15) is 25.0 Å². The highest BCUT2D eigenvalue weighted by atomic mass is 16.3. The van der Waals surface area contributed by atoms with Gasteiger partial charge < -0.3 is 15.5 Å². The second kappa shape index (κ2) is 6.66. The van der Waals surface area contributed by atoms with E-state index in [1.165, 1.54) is 5.39 Å². The molecule has 2 atom stereocenters. The van der Waals surface area contributed by atoms with E-state index in [9.17, 15) is 5.11 Å². The third kappa shape index (κ3) is 4.03. The van der Waals surface area contributed by atoms with Crippen LogP contribution < -0.4 is 5.32 Å². The van der Waals surface area contributed by atoms with Crippen LogP contribution in [0.4, 0.5) is 0 Å². The van der Waals surface area contributed by atoms with Crippen molar-refractivity contribution in [2.45, 2.75) is 25.6 Å². The molecule has 0 aliphatic rings. The van der Waals surface area contributed by atoms with Gasteiger partial charge in [-0.3, -0.25) is 0 Å². The summed E-state index contributed by atoms with van der Waals surface area (Å²) in [5.74, 6) is 0. The van der Waals surface area contributed by atoms with Gasteiger partial charge in [-0.1, -0.05) is 36.4 Å². The normalized spacial score (nSPS) is 14.5. The maximum atomic E-state index is 10.1. The standard InChI is InChI=1S/C16H21NO2/c1-12(18)8-9-17-11-16(19)15-7-6-13-4-2-3-5-14(13)10-15/h2-7,10,12,16-19H,8-9,11H2,1H3. The van der Waals surface area contributed by atoms with Crippen molar-refractivity contribution in [2.24, 2.45) is 0 Å². The number of rotatable bonds is 6. The monoisotopic (exact) mass is 259 g/mol. The van der Waals surface area contributed by atoms with Crippen molar-refractivity contribution in [3.8, 4) is 0 Å². The van der Waals surface area contributed by atoms with Crippen molar-refractivity contribution >= 4 is 10.8 Å². The predicted octanol–water partition coefficient (Wildman–Crippen LogP) is 2.23. The Balaban J connectivity index is 1.95. The molecule has 0 fully saturated rings. The second-order valence-electron chi connectivity index (χ2n) is 4.96. The molecule has 0 heterocycles. The van der Waals surface area contributed by atoms with Gasteiger partial charge in [-0.05, 0) is 42.3 Å². The number of hydrogen-bond donors (Lipinski definition) is 3. The summed E-state index contributed by atoms with van der Waals surface area (Å²) in [7, 11) is 0. The van der Waals surface area contributed by atoms with Gasteiger partial charge in [-0.2, -0.15) is 0 Å². The summed E-state index contributed by atoms with van der Waals surface area (Å²) < 4.78 is 0. The average Bonchev–Trinajstić information content (AvgIpc) is 2.42. The number of benzene rings is 2. The summed E-state index contributed by atoms with van der Waals surface area (Å²) in [5, 5.41) is 24.7. The minimum atomic E-state index is -0.515. The largest absolute Gasteiger partial charge is 0.393 e. The lowest BCUT2D eigenvalue weighted by atomic mass is 10.0. The van der Waals surface area contributed by atoms with Gasteiger partial charge in [0.1, 0.15) is 0 Å². The van der Waals surface area contributed by atoms with Crippen LogP contribution in [0, 0.1) is 0 Å². The Hall–Kier alpha value is -1.42. The van der Waals surface area contributed by atoms with Crippen molar-refractivity contribution in [3.05, 3.63) is 48.0 Å². The van der Waals surface area contributed by atoms with Crippen LogP contribution >= 0.6 is 0 Å². The van der Waals surface area contributed by atoms with Crippen molar-refractivity contribution in [3.63, 3.8) is 0 Å². The summed E-state index contributed by atoms with van der Waals surface area (Å²) in [6, 6.07) is 14.1. The van der Waals surface area contributed by atoms with Gasteiger partial charge in [0.25, 0.3) is 0 Å². The molecule has 0 radical (unpaired) electrons. The van der Waals surface area contributed by atoms with Gasteiger partial charge in [-0.25, -0.2) is 0 Å². The van der Waals surface area contributed by atoms with Crippen LogP contribution in [0.25, 0.3) is 10.8 Å². The first-order chi connectivity index (χ1) is 9.16. The van der Waals surface area contributed by atoms with Crippen LogP contribution in [-0.2, 0) is 0 Å². The number of nitrogens with one attached hydrogen (secondary N) is 1. The molecule has 2 aromatic carbocycles. The van der Waals surface area contributed by atoms with Crippen LogP contribution in [-0.4, -0.2) is 29.4 Å². The number of hydrogen-bond acceptors (Lipinski definition) is 3. The molecule has 0 saturated heterocycles. The lowest BCUT2D eigenvalue weighted by Crippen LogP contribution is -2.24. The quantitative estimate of drug-likeness (QED) is 0.697. The highest BCUT2D eigenvalue weighted by Crippen LogP contribution is 2.19. The Labute approximate surface area is 113 Å². The summed E-state index contributed by atoms with van der Waals surface area (Å²) in [6.45, 7) is 2.98. The van der Waals surface area contributed by atoms with Crippen LogP contribution in [0.2, 0.25) is 0 Å². The molecule has 102 valence electrons. The molecule has 0 aromatic heterocycles. The maximum Gasteiger partial charge on any atom is 0.0914 e. The first-order valence-electron chi connectivity index (χ1n) is 6.72. The van der Waals surface area contributed by atoms with Crippen LogP contribution in [0.5, 0.6) is 0 Å². The summed E-state index contributed by atoms with van der Waals surface area (Å²) >= 11 is 0. The zero-order valence-electron chi connectivity index (χ0n) is 11.2. The molecule has 0 spiro atoms. The van der Waals surface area contributed by atoms with Crippen molar-refractivity contribution in [1.82, 2.24) is 5.32 Å². The highest BCUT2D eigenvalue weighted by molar-refractivity contribution is 5.83. The van der Waals surface area contributed by atoms with Gasteiger partial charge in [-0.15, -0.1) is 0 Å². The molecule has 3 nitrogen and oxygen atoms in total. The van der Waals surface area contributed by atoms with Gasteiger partial charge in [0.05, 0.1) is 12.2 Å². The Morgan fingerprint density at radius 3 is 2.53 bits per heavy atom. The zero-order valence-corrected chi connectivity index (χ0v) is 11.2. The third-order valence-electron chi connectivity index (χ3n) is 3.23. The fourth-order valence-electron chi connectivity index (χ4n) is 2.08. The van der Waals surface area contributed by atoms with Crippen molar-refractivity contribution in [2.75, 3.05) is 13.1 Å². The Morgan fingerprint density at radius 1 is 1.05 bits per heavy atom. The zero-order chi connectivity index (χ0) is 13.7. The SMILES string of the molecule is CC(O)CCNCC(O)c1ccc2ccccc2c1. The predicted molar refractivity (Wildman–Crippen MR) is 78.1 cm³/mol. The first-order valence-corrected chi connectivity index (χ1v) is 6.72. The second-order valence-corrected chi connectivity index (χ2v) is 4.96. The lowest BCUT2D eigenvalue weighted by Gasteiger charge is -2.13. The van der Waals surface area contributed by atoms with Crippen molar-refractivity contribution in [1.29, 1.82) is 0 Å². The van der Waals surface area contributed by atoms with Gasteiger partial charge in [0.15, 0.2) is 0 Å². The lowest BCUT2D eigenvalue weighted by molar-refractivity contribution is 0.162. The maximum absolute atomic E-state index is 10.1. The van der Waals surface area contributed by atoms with E-state index in [0.29, 0.717) is 19.5 Å². The molecule has 0 aliphatic heterocycles. The molecule has 3 heteroatoms. The molecule has 0 amide bonds. The fourth-order valence-corrected chi connectivity index (χ4v) is 2.08. The van der Waals surface area contributed by atoms with Gasteiger partial charge in [0, 0.05) is 6.54 Å². The van der Waals surface area contributed by atoms with E-state index in [1.807, 2.05) is 36.4 Å². The van der Waals surface area contributed by atoms with E-state index in [-0.39, 0.29) is 6.10 Å². The molecule has 19 heavy (non-hydrogen) atoms. The van der Waals surface area contributed by atoms with E-state index in [4.69, 9.17) is 5.11 Å². The van der Waals surface area contributed by atoms with Gasteiger partial charge in [0.2, 0.25) is 0 Å². The molecular formula is C16H21NO2. The number of aliphatic hydroxyl groups is 2. The smallest absolute Gasteiger partial charge is 0.0914 e. The minimum absolute atomic E-state index is 0.301. The minimum Gasteiger partial charge on any atom is -0.393 e. The Bertz CT molecular complexity index is 525. The first kappa shape index (κ1) is 14.0. The number of aliphatic hydroxyl groups excluding tert-OH is 2. The van der Waals surface area contributed by atoms with E-state index >= 15 is 0 Å². The number of fused-ring (bicyclic) bond motifs is 1. The van der Waals surface area contributed by atoms with E-state index in [1.54, 1.807) is 6.92 Å². The van der Waals surface area contributed by atoms with E-state index in [2.05, 4.69) is 11.4 Å². The molecule has 2 aromatic rings.